The molecule has 0 aliphatic rings. The molecule has 9 heteroatoms. The largest absolute Gasteiger partial charge is 0.497 e. The van der Waals surface area contributed by atoms with Crippen molar-refractivity contribution in [3.05, 3.63) is 53.6 Å². The lowest BCUT2D eigenvalue weighted by molar-refractivity contribution is -0.0504. The summed E-state index contributed by atoms with van der Waals surface area (Å²) in [6, 6.07) is 12.6. The number of halogens is 3. The molecule has 0 amide bonds. The van der Waals surface area contributed by atoms with Gasteiger partial charge >= 0.3 is 6.61 Å². The average molecular weight is 535 g/mol. The molecule has 0 saturated heterocycles. The first kappa shape index (κ1) is 25.7. The molecule has 0 fully saturated rings. The van der Waals surface area contributed by atoms with Crippen LogP contribution in [0.2, 0.25) is 0 Å². The van der Waals surface area contributed by atoms with E-state index < -0.39 is 6.61 Å². The van der Waals surface area contributed by atoms with E-state index in [2.05, 4.69) is 20.4 Å². The van der Waals surface area contributed by atoms with Crippen LogP contribution in [0.3, 0.4) is 0 Å². The molecule has 0 unspecified atom stereocenters. The summed E-state index contributed by atoms with van der Waals surface area (Å²) < 4.78 is 40.7. The first-order valence-corrected chi connectivity index (χ1v) is 9.34. The van der Waals surface area contributed by atoms with Crippen molar-refractivity contribution in [2.45, 2.75) is 26.5 Å². The van der Waals surface area contributed by atoms with Crippen molar-refractivity contribution < 1.29 is 23.0 Å². The number of para-hydroxylation sites is 1. The topological polar surface area (TPSA) is 64.1 Å². The fraction of sp³-hybridized carbons (Fsp3) is 0.381. The van der Waals surface area contributed by atoms with E-state index in [1.165, 1.54) is 13.2 Å². The van der Waals surface area contributed by atoms with Crippen molar-refractivity contribution in [3.63, 3.8) is 0 Å². The Morgan fingerprint density at radius 2 is 1.83 bits per heavy atom. The fourth-order valence-electron chi connectivity index (χ4n) is 2.75. The molecule has 0 radical (unpaired) electrons. The summed E-state index contributed by atoms with van der Waals surface area (Å²) in [4.78, 5) is 4.17. The second-order valence-electron chi connectivity index (χ2n) is 6.00. The predicted molar refractivity (Wildman–Crippen MR) is 125 cm³/mol. The molecule has 2 aromatic carbocycles. The minimum atomic E-state index is -2.90. The van der Waals surface area contributed by atoms with E-state index in [-0.39, 0.29) is 36.3 Å². The fourth-order valence-corrected chi connectivity index (χ4v) is 2.75. The lowest BCUT2D eigenvalue weighted by Gasteiger charge is -2.16. The van der Waals surface area contributed by atoms with Crippen LogP contribution in [0, 0.1) is 0 Å². The predicted octanol–water partition coefficient (Wildman–Crippen LogP) is 4.22. The summed E-state index contributed by atoms with van der Waals surface area (Å²) in [6.45, 7) is 0.532. The SMILES string of the molecule is CCOc1ccccc1CCNC(=NC)NCc1cc(OC)ccc1OC(F)F.I. The highest BCUT2D eigenvalue weighted by Gasteiger charge is 2.12. The lowest BCUT2D eigenvalue weighted by Crippen LogP contribution is -2.38. The molecule has 30 heavy (non-hydrogen) atoms. The van der Waals surface area contributed by atoms with Gasteiger partial charge < -0.3 is 24.8 Å². The Hall–Kier alpha value is -2.30. The molecule has 0 aromatic heterocycles. The van der Waals surface area contributed by atoms with Gasteiger partial charge in [0.15, 0.2) is 5.96 Å². The van der Waals surface area contributed by atoms with Gasteiger partial charge in [-0.05, 0) is 43.2 Å². The number of alkyl halides is 2. The highest BCUT2D eigenvalue weighted by atomic mass is 127. The Morgan fingerprint density at radius 3 is 2.50 bits per heavy atom. The summed E-state index contributed by atoms with van der Waals surface area (Å²) in [5.41, 5.74) is 1.63. The third-order valence-corrected chi connectivity index (χ3v) is 4.11. The van der Waals surface area contributed by atoms with Gasteiger partial charge in [0.1, 0.15) is 17.2 Å². The molecule has 6 nitrogen and oxygen atoms in total. The Morgan fingerprint density at radius 1 is 1.07 bits per heavy atom. The highest BCUT2D eigenvalue weighted by molar-refractivity contribution is 14.0. The maximum absolute atomic E-state index is 12.6. The number of nitrogens with one attached hydrogen (secondary N) is 2. The van der Waals surface area contributed by atoms with Gasteiger partial charge in [0.2, 0.25) is 0 Å². The third kappa shape index (κ3) is 8.21. The number of nitrogens with zero attached hydrogens (tertiary/aromatic N) is 1. The van der Waals surface area contributed by atoms with Crippen molar-refractivity contribution in [1.29, 1.82) is 0 Å². The van der Waals surface area contributed by atoms with E-state index in [0.29, 0.717) is 30.4 Å². The first-order chi connectivity index (χ1) is 14.1. The standard InChI is InChI=1S/C21H27F2N3O3.HI/c1-4-28-18-8-6-5-7-15(18)11-12-25-21(24-2)26-14-16-13-17(27-3)9-10-19(16)29-20(22)23;/h5-10,13,20H,4,11-12,14H2,1-3H3,(H2,24,25,26);1H. The minimum Gasteiger partial charge on any atom is -0.497 e. The van der Waals surface area contributed by atoms with Crippen LogP contribution >= 0.6 is 24.0 Å². The lowest BCUT2D eigenvalue weighted by atomic mass is 10.1. The Kier molecular flexibility index (Phi) is 11.9. The van der Waals surface area contributed by atoms with Crippen LogP contribution in [0.5, 0.6) is 17.2 Å². The summed E-state index contributed by atoms with van der Waals surface area (Å²) in [6.07, 6.45) is 0.746. The van der Waals surface area contributed by atoms with Crippen LogP contribution in [0.1, 0.15) is 18.1 Å². The number of hydrogen-bond donors (Lipinski definition) is 2. The molecule has 2 aromatic rings. The number of methoxy groups -OCH3 is 1. The van der Waals surface area contributed by atoms with Crippen molar-refractivity contribution in [3.8, 4) is 17.2 Å². The number of benzene rings is 2. The number of hydrogen-bond acceptors (Lipinski definition) is 4. The zero-order chi connectivity index (χ0) is 21.1. The molecule has 0 heterocycles. The average Bonchev–Trinajstić information content (AvgIpc) is 2.72. The Balaban J connectivity index is 0.00000450. The Bertz CT molecular complexity index is 807. The molecular weight excluding hydrogens is 507 g/mol. The molecule has 0 aliphatic carbocycles. The maximum atomic E-state index is 12.6. The maximum Gasteiger partial charge on any atom is 0.387 e. The number of guanidine groups is 1. The monoisotopic (exact) mass is 535 g/mol. The molecule has 166 valence electrons. The van der Waals surface area contributed by atoms with Crippen LogP contribution < -0.4 is 24.8 Å². The van der Waals surface area contributed by atoms with E-state index in [0.717, 1.165) is 17.7 Å². The van der Waals surface area contributed by atoms with Crippen molar-refractivity contribution >= 4 is 29.9 Å². The second kappa shape index (κ2) is 13.8. The molecule has 2 rings (SSSR count). The molecule has 0 spiro atoms. The molecule has 2 N–H and O–H groups in total. The molecule has 0 bridgehead atoms. The number of aliphatic imine (C=N–C) groups is 1. The van der Waals surface area contributed by atoms with Gasteiger partial charge in [0.25, 0.3) is 0 Å². The smallest absolute Gasteiger partial charge is 0.387 e. The zero-order valence-corrected chi connectivity index (χ0v) is 19.6. The van der Waals surface area contributed by atoms with E-state index in [9.17, 15) is 8.78 Å². The quantitative estimate of drug-likeness (QED) is 0.271. The van der Waals surface area contributed by atoms with Gasteiger partial charge in [-0.25, -0.2) is 0 Å². The zero-order valence-electron chi connectivity index (χ0n) is 17.3. The van der Waals surface area contributed by atoms with Gasteiger partial charge in [-0.2, -0.15) is 8.78 Å². The van der Waals surface area contributed by atoms with Crippen LogP contribution in [0.15, 0.2) is 47.5 Å². The first-order valence-electron chi connectivity index (χ1n) is 9.34. The summed E-state index contributed by atoms with van der Waals surface area (Å²) in [7, 11) is 3.16. The normalized spacial score (nSPS) is 10.9. The highest BCUT2D eigenvalue weighted by Crippen LogP contribution is 2.25. The van der Waals surface area contributed by atoms with Crippen molar-refractivity contribution in [1.82, 2.24) is 10.6 Å². The van der Waals surface area contributed by atoms with Crippen LogP contribution in [-0.2, 0) is 13.0 Å². The van der Waals surface area contributed by atoms with Crippen LogP contribution in [0.4, 0.5) is 8.78 Å². The summed E-state index contributed by atoms with van der Waals surface area (Å²) >= 11 is 0. The van der Waals surface area contributed by atoms with Crippen LogP contribution in [-0.4, -0.2) is 39.9 Å². The molecule has 0 saturated carbocycles. The van der Waals surface area contributed by atoms with Gasteiger partial charge in [0, 0.05) is 25.7 Å². The second-order valence-corrected chi connectivity index (χ2v) is 6.00. The third-order valence-electron chi connectivity index (χ3n) is 4.11. The van der Waals surface area contributed by atoms with Gasteiger partial charge in [-0.3, -0.25) is 4.99 Å². The van der Waals surface area contributed by atoms with E-state index >= 15 is 0 Å². The van der Waals surface area contributed by atoms with E-state index in [1.54, 1.807) is 19.2 Å². The van der Waals surface area contributed by atoms with Crippen molar-refractivity contribution in [2.24, 2.45) is 4.99 Å². The number of rotatable bonds is 10. The molecule has 0 atom stereocenters. The minimum absolute atomic E-state index is 0. The van der Waals surface area contributed by atoms with Crippen molar-refractivity contribution in [2.75, 3.05) is 27.3 Å². The van der Waals surface area contributed by atoms with Gasteiger partial charge in [0.05, 0.1) is 13.7 Å². The van der Waals surface area contributed by atoms with E-state index in [1.807, 2.05) is 31.2 Å². The van der Waals surface area contributed by atoms with Crippen LogP contribution in [0.25, 0.3) is 0 Å². The summed E-state index contributed by atoms with van der Waals surface area (Å²) in [5, 5.41) is 6.31. The molecular formula is C21H28F2IN3O3. The van der Waals surface area contributed by atoms with E-state index in [4.69, 9.17) is 9.47 Å². The number of ether oxygens (including phenoxy) is 3. The Labute approximate surface area is 193 Å². The summed E-state index contributed by atoms with van der Waals surface area (Å²) in [5.74, 6) is 2.06. The van der Waals surface area contributed by atoms with Gasteiger partial charge in [-0.15, -0.1) is 24.0 Å². The van der Waals surface area contributed by atoms with Gasteiger partial charge in [-0.1, -0.05) is 18.2 Å². The molecule has 0 aliphatic heterocycles.